The Hall–Kier alpha value is -8.23. The van der Waals surface area contributed by atoms with E-state index in [-0.39, 0.29) is 97.2 Å². The molecule has 0 aliphatic rings. The second kappa shape index (κ2) is 24.5. The van der Waals surface area contributed by atoms with Crippen LogP contribution >= 0.6 is 0 Å². The number of imidazole rings is 5. The fourth-order valence-electron chi connectivity index (χ4n) is 6.77. The van der Waals surface area contributed by atoms with Crippen molar-refractivity contribution in [2.75, 3.05) is 54.0 Å². The van der Waals surface area contributed by atoms with Crippen LogP contribution in [0.1, 0.15) is 105 Å². The van der Waals surface area contributed by atoms with Gasteiger partial charge in [0.05, 0.1) is 0 Å². The number of nitrogens with one attached hydrogen (secondary N) is 8. The summed E-state index contributed by atoms with van der Waals surface area (Å²) in [6, 6.07) is 0. The number of rotatable bonds is 25. The fourth-order valence-corrected chi connectivity index (χ4v) is 6.77. The summed E-state index contributed by atoms with van der Waals surface area (Å²) in [7, 11) is 7.90. The molecule has 0 saturated carbocycles. The van der Waals surface area contributed by atoms with Crippen molar-refractivity contribution in [2.24, 2.45) is 46.9 Å². The Morgan fingerprint density at radius 1 is 0.478 bits per heavy atom. The molecule has 27 heteroatoms. The Balaban J connectivity index is 0.992. The highest BCUT2D eigenvalue weighted by Gasteiger charge is 2.22. The van der Waals surface area contributed by atoms with E-state index in [0.29, 0.717) is 19.0 Å². The van der Waals surface area contributed by atoms with Crippen LogP contribution in [0.2, 0.25) is 0 Å². The number of nitrogens with two attached hydrogens (primary N) is 1. The molecule has 27 nitrogen and oxygen atoms in total. The van der Waals surface area contributed by atoms with E-state index in [1.165, 1.54) is 67.9 Å². The highest BCUT2D eigenvalue weighted by molar-refractivity contribution is 6.03. The average Bonchev–Trinajstić information content (AvgIpc) is 4.13. The molecule has 0 bridgehead atoms. The van der Waals surface area contributed by atoms with Gasteiger partial charge in [-0.1, -0.05) is 6.92 Å². The van der Waals surface area contributed by atoms with Crippen LogP contribution in [-0.2, 0) is 49.6 Å². The van der Waals surface area contributed by atoms with Crippen LogP contribution in [0.15, 0.2) is 37.2 Å². The van der Waals surface area contributed by atoms with E-state index >= 15 is 0 Å². The first kappa shape index (κ1) is 51.7. The van der Waals surface area contributed by atoms with Gasteiger partial charge in [-0.15, -0.1) is 0 Å². The van der Waals surface area contributed by atoms with E-state index in [2.05, 4.69) is 74.4 Å². The number of carbonyl (C=O) groups excluding carboxylic acids is 8. The Kier molecular flexibility index (Phi) is 18.4. The van der Waals surface area contributed by atoms with Crippen molar-refractivity contribution in [3.8, 4) is 0 Å². The summed E-state index contributed by atoms with van der Waals surface area (Å²) < 4.78 is 7.14. The van der Waals surface area contributed by atoms with Crippen LogP contribution in [0.25, 0.3) is 0 Å². The summed E-state index contributed by atoms with van der Waals surface area (Å²) in [6.45, 7) is 3.36. The minimum Gasteiger partial charge on any atom is -0.356 e. The Morgan fingerprint density at radius 2 is 0.855 bits per heavy atom. The smallest absolute Gasteiger partial charge is 0.292 e. The molecule has 0 saturated heterocycles. The Morgan fingerprint density at radius 3 is 1.26 bits per heavy atom. The molecule has 0 spiro atoms. The van der Waals surface area contributed by atoms with Crippen LogP contribution < -0.4 is 48.3 Å². The second-order valence-corrected chi connectivity index (χ2v) is 16.2. The van der Waals surface area contributed by atoms with Crippen molar-refractivity contribution in [3.63, 3.8) is 0 Å². The topological polar surface area (TPSA) is 348 Å². The van der Waals surface area contributed by atoms with Gasteiger partial charge >= 0.3 is 0 Å². The summed E-state index contributed by atoms with van der Waals surface area (Å²) in [5.41, 5.74) is 5.56. The van der Waals surface area contributed by atoms with Gasteiger partial charge < -0.3 is 71.1 Å². The third-order valence-corrected chi connectivity index (χ3v) is 10.4. The molecule has 1 unspecified atom stereocenters. The molecule has 5 aromatic rings. The van der Waals surface area contributed by atoms with Gasteiger partial charge in [0.25, 0.3) is 29.5 Å². The molecule has 5 rings (SSSR count). The zero-order valence-electron chi connectivity index (χ0n) is 39.3. The van der Waals surface area contributed by atoms with Crippen LogP contribution in [0.5, 0.6) is 0 Å². The van der Waals surface area contributed by atoms with Gasteiger partial charge in [0.15, 0.2) is 29.1 Å². The van der Waals surface area contributed by atoms with Gasteiger partial charge in [-0.25, -0.2) is 24.9 Å². The summed E-state index contributed by atoms with van der Waals surface area (Å²) in [6.07, 6.45) is 12.5. The molecule has 0 fully saturated rings. The zero-order valence-corrected chi connectivity index (χ0v) is 39.3. The number of amides is 8. The van der Waals surface area contributed by atoms with Crippen molar-refractivity contribution in [2.45, 2.75) is 51.9 Å². The van der Waals surface area contributed by atoms with Crippen LogP contribution in [0.4, 0.5) is 23.3 Å². The molecule has 1 atom stereocenters. The fraction of sp³-hybridized carbons (Fsp3) is 0.452. The largest absolute Gasteiger partial charge is 0.356 e. The zero-order chi connectivity index (χ0) is 50.2. The normalized spacial score (nSPS) is 11.3. The van der Waals surface area contributed by atoms with Crippen molar-refractivity contribution < 1.29 is 38.4 Å². The summed E-state index contributed by atoms with van der Waals surface area (Å²) >= 11 is 0. The maximum Gasteiger partial charge on any atom is 0.292 e. The van der Waals surface area contributed by atoms with E-state index in [1.54, 1.807) is 27.3 Å². The third kappa shape index (κ3) is 15.1. The predicted octanol–water partition coefficient (Wildman–Crippen LogP) is -0.233. The molecule has 0 aromatic carbocycles. The Bertz CT molecular complexity index is 2650. The van der Waals surface area contributed by atoms with E-state index < -0.39 is 41.4 Å². The summed E-state index contributed by atoms with van der Waals surface area (Å²) in [4.78, 5) is 122. The number of carbonyl (C=O) groups is 8. The van der Waals surface area contributed by atoms with Gasteiger partial charge in [0.1, 0.15) is 0 Å². The van der Waals surface area contributed by atoms with Gasteiger partial charge in [-0.3, -0.25) is 38.4 Å². The number of aryl methyl sites for hydroxylation is 5. The van der Waals surface area contributed by atoms with Crippen molar-refractivity contribution in [1.29, 1.82) is 0 Å². The number of anilines is 4. The van der Waals surface area contributed by atoms with Gasteiger partial charge in [0.2, 0.25) is 41.0 Å². The van der Waals surface area contributed by atoms with E-state index in [0.717, 1.165) is 25.7 Å². The molecule has 0 aliphatic carbocycles. The molecule has 0 aliphatic heterocycles. The average molecular weight is 958 g/mol. The highest BCUT2D eigenvalue weighted by Crippen LogP contribution is 2.14. The van der Waals surface area contributed by atoms with Gasteiger partial charge in [-0.2, -0.15) is 0 Å². The van der Waals surface area contributed by atoms with E-state index in [1.807, 2.05) is 0 Å². The van der Waals surface area contributed by atoms with Crippen molar-refractivity contribution in [3.05, 3.63) is 66.3 Å². The van der Waals surface area contributed by atoms with Crippen LogP contribution in [0, 0.1) is 5.92 Å². The maximum atomic E-state index is 13.1. The monoisotopic (exact) mass is 957 g/mol. The first-order chi connectivity index (χ1) is 32.9. The number of nitrogens with zero attached hydrogens (tertiary/aromatic N) is 10. The maximum absolute atomic E-state index is 13.1. The lowest BCUT2D eigenvalue weighted by Gasteiger charge is -2.11. The first-order valence-electron chi connectivity index (χ1n) is 22.1. The minimum atomic E-state index is -0.693. The van der Waals surface area contributed by atoms with Crippen LogP contribution in [-0.4, -0.2) is 128 Å². The highest BCUT2D eigenvalue weighted by atomic mass is 16.2. The number of hydrogen-bond acceptors (Lipinski definition) is 14. The van der Waals surface area contributed by atoms with E-state index in [9.17, 15) is 38.4 Å². The van der Waals surface area contributed by atoms with E-state index in [4.69, 9.17) is 5.73 Å². The number of hydrogen-bond donors (Lipinski definition) is 9. The molecule has 5 aromatic heterocycles. The van der Waals surface area contributed by atoms with Gasteiger partial charge in [0, 0.05) is 118 Å². The summed E-state index contributed by atoms with van der Waals surface area (Å²) in [5, 5.41) is 21.0. The number of aromatic nitrogens is 10. The van der Waals surface area contributed by atoms with Crippen molar-refractivity contribution in [1.82, 2.24) is 69.0 Å². The lowest BCUT2D eigenvalue weighted by molar-refractivity contribution is -0.121. The molecule has 370 valence electrons. The first-order valence-corrected chi connectivity index (χ1v) is 22.1. The third-order valence-electron chi connectivity index (χ3n) is 10.4. The van der Waals surface area contributed by atoms with Gasteiger partial charge in [-0.05, 0) is 38.1 Å². The Labute approximate surface area is 396 Å². The molecule has 0 radical (unpaired) electrons. The predicted molar refractivity (Wildman–Crippen MR) is 250 cm³/mol. The van der Waals surface area contributed by atoms with Crippen molar-refractivity contribution >= 4 is 70.5 Å². The standard InChI is InChI=1S/C42H59N19O8/c1-25(9-7-14-43)10-8-15-44-30(62)11-16-46-38(65)34-51-26(21-58(34)3)49-31(63)12-17-48-40(67)36-54-29(24-60(36)5)56-42(69)37-52-27(22-61(37)6)50-32(64)13-18-47-39(66)35-53-28(23-59(35)4)55-41(68)33-45-19-20-57(33)2/h19-25H,7-18,43H2,1-6H3,(H,44,62)(H,46,65)(H,47,66)(H,48,67)(H,49,63)(H,50,64)(H,55,68)(H,56,69). The lowest BCUT2D eigenvalue weighted by atomic mass is 10.00. The SMILES string of the molecule is CC(CCCN)CCCNC(=O)CCNC(=O)c1nc(NC(=O)CCNC(=O)c2nc(NC(=O)c3nc(NC(=O)CCNC(=O)c4nc(NC(=O)c5nccn5C)cn4C)cn3C)cn2C)cn1C. The minimum absolute atomic E-state index is 0.00354. The molecule has 5 heterocycles. The summed E-state index contributed by atoms with van der Waals surface area (Å²) in [5.74, 6) is -3.18. The molecule has 8 amide bonds. The molecule has 69 heavy (non-hydrogen) atoms. The second-order valence-electron chi connectivity index (χ2n) is 16.2. The molecular formula is C42H59N19O8. The molecule has 10 N–H and O–H groups in total. The molecular weight excluding hydrogens is 899 g/mol. The van der Waals surface area contributed by atoms with Crippen LogP contribution in [0.3, 0.4) is 0 Å². The quantitative estimate of drug-likeness (QED) is 0.0342. The lowest BCUT2D eigenvalue weighted by Crippen LogP contribution is -2.32.